The summed E-state index contributed by atoms with van der Waals surface area (Å²) in [5, 5.41) is 10.8. The molecule has 2 aromatic carbocycles. The number of nitrogens with zero attached hydrogens (tertiary/aromatic N) is 3. The van der Waals surface area contributed by atoms with Crippen molar-refractivity contribution in [1.82, 2.24) is 9.97 Å². The summed E-state index contributed by atoms with van der Waals surface area (Å²) in [6, 6.07) is 12.7. The number of aromatic nitrogens is 2. The average molecular weight is 345 g/mol. The Morgan fingerprint density at radius 2 is 1.64 bits per heavy atom. The van der Waals surface area contributed by atoms with Crippen LogP contribution in [0.2, 0.25) is 0 Å². The number of hydrogen-bond acceptors (Lipinski definition) is 7. The van der Waals surface area contributed by atoms with Gasteiger partial charge in [-0.05, 0) is 30.0 Å². The molecule has 0 N–H and O–H groups in total. The second-order valence-electron chi connectivity index (χ2n) is 4.44. The first-order valence-electron chi connectivity index (χ1n) is 6.27. The Balaban J connectivity index is 1.70. The lowest BCUT2D eigenvalue weighted by Gasteiger charge is -1.88. The van der Waals surface area contributed by atoms with E-state index >= 15 is 0 Å². The molecule has 0 atom stereocenters. The van der Waals surface area contributed by atoms with Gasteiger partial charge in [-0.25, -0.2) is 9.97 Å². The summed E-state index contributed by atoms with van der Waals surface area (Å²) in [5.41, 5.74) is 1.85. The molecular weight excluding hydrogens is 338 g/mol. The number of thiazole rings is 2. The molecule has 2 heterocycles. The van der Waals surface area contributed by atoms with E-state index in [0.717, 1.165) is 29.1 Å². The lowest BCUT2D eigenvalue weighted by Crippen LogP contribution is -1.85. The van der Waals surface area contributed by atoms with Gasteiger partial charge in [-0.1, -0.05) is 12.1 Å². The predicted molar refractivity (Wildman–Crippen MR) is 90.0 cm³/mol. The van der Waals surface area contributed by atoms with Crippen molar-refractivity contribution in [3.05, 3.63) is 52.6 Å². The highest BCUT2D eigenvalue weighted by Gasteiger charge is 2.12. The standard InChI is InChI=1S/C14H7N3O2S3/c18-17(19)8-5-6-10-12(7-8)21-14(16-10)22-13-15-9-3-1-2-4-11(9)20-13/h1-7H. The molecule has 2 aromatic heterocycles. The van der Waals surface area contributed by atoms with Gasteiger partial charge in [0.25, 0.3) is 5.69 Å². The van der Waals surface area contributed by atoms with Crippen molar-refractivity contribution >= 4 is 60.6 Å². The first-order valence-corrected chi connectivity index (χ1v) is 8.72. The second kappa shape index (κ2) is 5.31. The first kappa shape index (κ1) is 13.6. The van der Waals surface area contributed by atoms with Gasteiger partial charge in [0.15, 0.2) is 8.68 Å². The van der Waals surface area contributed by atoms with Crippen LogP contribution in [0.1, 0.15) is 0 Å². The minimum atomic E-state index is -0.389. The van der Waals surface area contributed by atoms with Gasteiger partial charge in [0.2, 0.25) is 0 Å². The van der Waals surface area contributed by atoms with E-state index in [-0.39, 0.29) is 10.6 Å². The van der Waals surface area contributed by atoms with Crippen LogP contribution < -0.4 is 0 Å². The third-order valence-electron chi connectivity index (χ3n) is 3.01. The zero-order valence-corrected chi connectivity index (χ0v) is 13.4. The predicted octanol–water partition coefficient (Wildman–Crippen LogP) is 4.97. The summed E-state index contributed by atoms with van der Waals surface area (Å²) >= 11 is 4.57. The van der Waals surface area contributed by atoms with Crippen molar-refractivity contribution in [1.29, 1.82) is 0 Å². The largest absolute Gasteiger partial charge is 0.270 e. The Kier molecular flexibility index (Phi) is 3.29. The quantitative estimate of drug-likeness (QED) is 0.387. The lowest BCUT2D eigenvalue weighted by molar-refractivity contribution is -0.384. The Hall–Kier alpha value is -2.03. The normalized spacial score (nSPS) is 11.3. The molecule has 0 bridgehead atoms. The molecule has 0 saturated heterocycles. The fourth-order valence-electron chi connectivity index (χ4n) is 2.02. The Morgan fingerprint density at radius 1 is 0.955 bits per heavy atom. The van der Waals surface area contributed by atoms with Crippen LogP contribution in [0.15, 0.2) is 51.1 Å². The molecule has 0 radical (unpaired) electrons. The van der Waals surface area contributed by atoms with Crippen LogP contribution in [-0.2, 0) is 0 Å². The van der Waals surface area contributed by atoms with Gasteiger partial charge in [0.1, 0.15) is 0 Å². The summed E-state index contributed by atoms with van der Waals surface area (Å²) in [5.74, 6) is 0. The van der Waals surface area contributed by atoms with Gasteiger partial charge in [0, 0.05) is 12.1 Å². The van der Waals surface area contributed by atoms with Crippen LogP contribution >= 0.6 is 34.4 Å². The van der Waals surface area contributed by atoms with Crippen LogP contribution in [0.25, 0.3) is 20.4 Å². The van der Waals surface area contributed by atoms with Gasteiger partial charge >= 0.3 is 0 Å². The van der Waals surface area contributed by atoms with E-state index in [1.165, 1.54) is 29.2 Å². The van der Waals surface area contributed by atoms with Crippen molar-refractivity contribution in [2.45, 2.75) is 8.68 Å². The van der Waals surface area contributed by atoms with E-state index in [4.69, 9.17) is 0 Å². The lowest BCUT2D eigenvalue weighted by atomic mass is 10.3. The molecule has 5 nitrogen and oxygen atoms in total. The maximum Gasteiger partial charge on any atom is 0.270 e. The van der Waals surface area contributed by atoms with Gasteiger partial charge in [-0.15, -0.1) is 22.7 Å². The van der Waals surface area contributed by atoms with E-state index in [2.05, 4.69) is 9.97 Å². The van der Waals surface area contributed by atoms with Gasteiger partial charge in [-0.2, -0.15) is 0 Å². The van der Waals surface area contributed by atoms with E-state index in [1.54, 1.807) is 23.5 Å². The van der Waals surface area contributed by atoms with Crippen molar-refractivity contribution in [2.24, 2.45) is 0 Å². The van der Waals surface area contributed by atoms with Crippen LogP contribution in [0.3, 0.4) is 0 Å². The average Bonchev–Trinajstić information content (AvgIpc) is 3.08. The molecule has 4 aromatic rings. The highest BCUT2D eigenvalue weighted by Crippen LogP contribution is 2.38. The highest BCUT2D eigenvalue weighted by molar-refractivity contribution is 8.02. The monoisotopic (exact) mass is 345 g/mol. The molecular formula is C14H7N3O2S3. The molecule has 0 aliphatic rings. The van der Waals surface area contributed by atoms with Crippen LogP contribution in [0, 0.1) is 10.1 Å². The van der Waals surface area contributed by atoms with Gasteiger partial charge in [-0.3, -0.25) is 10.1 Å². The number of hydrogen-bond donors (Lipinski definition) is 0. The third kappa shape index (κ3) is 2.45. The zero-order valence-electron chi connectivity index (χ0n) is 10.9. The number of nitro benzene ring substituents is 1. The van der Waals surface area contributed by atoms with Crippen molar-refractivity contribution in [3.63, 3.8) is 0 Å². The van der Waals surface area contributed by atoms with Crippen molar-refractivity contribution in [3.8, 4) is 0 Å². The Labute approximate surface area is 136 Å². The number of fused-ring (bicyclic) bond motifs is 2. The zero-order chi connectivity index (χ0) is 15.1. The smallest absolute Gasteiger partial charge is 0.258 e. The number of nitro groups is 1. The molecule has 0 aliphatic heterocycles. The maximum atomic E-state index is 10.8. The fraction of sp³-hybridized carbons (Fsp3) is 0. The minimum absolute atomic E-state index is 0.0905. The first-order chi connectivity index (χ1) is 10.7. The molecule has 0 fully saturated rings. The topological polar surface area (TPSA) is 68.9 Å². The number of para-hydroxylation sites is 1. The van der Waals surface area contributed by atoms with E-state index in [9.17, 15) is 10.1 Å². The molecule has 22 heavy (non-hydrogen) atoms. The summed E-state index contributed by atoms with van der Waals surface area (Å²) < 4.78 is 3.73. The van der Waals surface area contributed by atoms with Crippen LogP contribution in [0.4, 0.5) is 5.69 Å². The number of non-ortho nitro benzene ring substituents is 1. The molecule has 0 spiro atoms. The number of benzene rings is 2. The molecule has 108 valence electrons. The third-order valence-corrected chi connectivity index (χ3v) is 6.19. The van der Waals surface area contributed by atoms with Gasteiger partial charge < -0.3 is 0 Å². The molecule has 0 unspecified atom stereocenters. The van der Waals surface area contributed by atoms with Crippen LogP contribution in [-0.4, -0.2) is 14.9 Å². The summed E-state index contributed by atoms with van der Waals surface area (Å²) in [6.45, 7) is 0. The van der Waals surface area contributed by atoms with E-state index in [0.29, 0.717) is 0 Å². The molecule has 0 saturated carbocycles. The molecule has 4 rings (SSSR count). The maximum absolute atomic E-state index is 10.8. The van der Waals surface area contributed by atoms with E-state index in [1.807, 2.05) is 24.3 Å². The Bertz CT molecular complexity index is 976. The molecule has 0 amide bonds. The summed E-state index contributed by atoms with van der Waals surface area (Å²) in [6.07, 6.45) is 0. The minimum Gasteiger partial charge on any atom is -0.258 e. The fourth-order valence-corrected chi connectivity index (χ4v) is 5.39. The SMILES string of the molecule is O=[N+]([O-])c1ccc2nc(Sc3nc4ccccc4s3)sc2c1. The van der Waals surface area contributed by atoms with E-state index < -0.39 is 0 Å². The van der Waals surface area contributed by atoms with Crippen molar-refractivity contribution < 1.29 is 4.92 Å². The van der Waals surface area contributed by atoms with Crippen molar-refractivity contribution in [2.75, 3.05) is 0 Å². The highest BCUT2D eigenvalue weighted by atomic mass is 32.2. The Morgan fingerprint density at radius 3 is 2.36 bits per heavy atom. The number of rotatable bonds is 3. The summed E-state index contributed by atoms with van der Waals surface area (Å²) in [4.78, 5) is 19.5. The molecule has 0 aliphatic carbocycles. The molecule has 8 heteroatoms. The second-order valence-corrected chi connectivity index (χ2v) is 7.99. The van der Waals surface area contributed by atoms with Crippen LogP contribution in [0.5, 0.6) is 0 Å². The van der Waals surface area contributed by atoms with Gasteiger partial charge in [0.05, 0.1) is 25.4 Å². The summed E-state index contributed by atoms with van der Waals surface area (Å²) in [7, 11) is 0.